The van der Waals surface area contributed by atoms with Gasteiger partial charge in [0.25, 0.3) is 5.79 Å². The lowest BCUT2D eigenvalue weighted by Gasteiger charge is -2.43. The van der Waals surface area contributed by atoms with Crippen molar-refractivity contribution in [1.29, 1.82) is 0 Å². The Morgan fingerprint density at radius 3 is 2.61 bits per heavy atom. The van der Waals surface area contributed by atoms with Crippen LogP contribution >= 0.6 is 0 Å². The summed E-state index contributed by atoms with van der Waals surface area (Å²) in [6, 6.07) is 5.04. The number of nitrogens with zero attached hydrogens (tertiary/aromatic N) is 2. The van der Waals surface area contributed by atoms with Gasteiger partial charge < -0.3 is 30.7 Å². The van der Waals surface area contributed by atoms with Crippen molar-refractivity contribution in [2.24, 2.45) is 16.5 Å². The molecule has 166 valence electrons. The Morgan fingerprint density at radius 1 is 1.29 bits per heavy atom. The zero-order valence-corrected chi connectivity index (χ0v) is 17.0. The summed E-state index contributed by atoms with van der Waals surface area (Å²) in [5.74, 6) is -3.87. The maximum Gasteiger partial charge on any atom is 0.346 e. The number of nitrogens with one attached hydrogen (secondary N) is 2. The van der Waals surface area contributed by atoms with E-state index in [-0.39, 0.29) is 30.6 Å². The van der Waals surface area contributed by atoms with Gasteiger partial charge >= 0.3 is 17.9 Å². The average Bonchev–Trinajstić information content (AvgIpc) is 3.16. The van der Waals surface area contributed by atoms with Crippen LogP contribution in [0.5, 0.6) is 0 Å². The monoisotopic (exact) mass is 433 g/mol. The molecule has 3 heterocycles. The fourth-order valence-corrected chi connectivity index (χ4v) is 4.33. The number of hydrogen-bond donors (Lipinski definition) is 6. The van der Waals surface area contributed by atoms with E-state index in [4.69, 9.17) is 20.9 Å². The van der Waals surface area contributed by atoms with Crippen LogP contribution in [0.4, 0.5) is 0 Å². The first-order valence-corrected chi connectivity index (χ1v) is 9.70. The second kappa shape index (κ2) is 7.10. The molecular weight excluding hydrogens is 408 g/mol. The van der Waals surface area contributed by atoms with Crippen LogP contribution in [0.25, 0.3) is 0 Å². The number of esters is 2. The molecule has 3 aliphatic rings. The third-order valence-corrected chi connectivity index (χ3v) is 5.82. The summed E-state index contributed by atoms with van der Waals surface area (Å²) in [7, 11) is 0. The number of benzene rings is 1. The summed E-state index contributed by atoms with van der Waals surface area (Å²) in [6.07, 6.45) is -1.38. The molecule has 0 unspecified atom stereocenters. The quantitative estimate of drug-likeness (QED) is 0.163. The van der Waals surface area contributed by atoms with Crippen molar-refractivity contribution >= 4 is 23.9 Å². The number of aryl methyl sites for hydroxylation is 1. The molecule has 0 aliphatic carbocycles. The molecule has 12 nitrogen and oxygen atoms in total. The highest BCUT2D eigenvalue weighted by atomic mass is 16.6. The van der Waals surface area contributed by atoms with Gasteiger partial charge in [-0.3, -0.25) is 15.8 Å². The Labute approximate surface area is 177 Å². The highest BCUT2D eigenvalue weighted by molar-refractivity contribution is 5.89. The fourth-order valence-electron chi connectivity index (χ4n) is 4.33. The molecule has 1 aromatic rings. The highest BCUT2D eigenvalue weighted by Gasteiger charge is 2.76. The van der Waals surface area contributed by atoms with Crippen molar-refractivity contribution in [3.8, 4) is 0 Å². The number of nitrogens with two attached hydrogens (primary N) is 2. The summed E-state index contributed by atoms with van der Waals surface area (Å²) in [6.45, 7) is 2.85. The van der Waals surface area contributed by atoms with Gasteiger partial charge in [-0.15, -0.1) is 0 Å². The number of aliphatic hydroxyl groups is 2. The zero-order valence-electron chi connectivity index (χ0n) is 17.0. The minimum absolute atomic E-state index is 0.0580. The van der Waals surface area contributed by atoms with Gasteiger partial charge in [-0.1, -0.05) is 17.7 Å². The number of ether oxygens (including phenoxy) is 2. The van der Waals surface area contributed by atoms with Crippen LogP contribution in [0.3, 0.4) is 0 Å². The molecule has 4 rings (SSSR count). The molecule has 1 fully saturated rings. The molecule has 0 bridgehead atoms. The molecule has 1 saturated heterocycles. The topological polar surface area (TPSA) is 185 Å². The smallest absolute Gasteiger partial charge is 0.346 e. The van der Waals surface area contributed by atoms with Gasteiger partial charge in [0, 0.05) is 6.92 Å². The number of hydrogen-bond acceptors (Lipinski definition) is 11. The molecular formula is C19H25N6O6+. The number of carbonyl (C=O) groups is 2. The lowest BCUT2D eigenvalue weighted by atomic mass is 9.86. The van der Waals surface area contributed by atoms with Crippen molar-refractivity contribution in [3.63, 3.8) is 0 Å². The Bertz CT molecular complexity index is 990. The first-order chi connectivity index (χ1) is 14.6. The molecule has 12 heteroatoms. The minimum atomic E-state index is -2.64. The Hall–Kier alpha value is -3.38. The summed E-state index contributed by atoms with van der Waals surface area (Å²) < 4.78 is 12.0. The van der Waals surface area contributed by atoms with Gasteiger partial charge in [-0.2, -0.15) is 0 Å². The van der Waals surface area contributed by atoms with Crippen molar-refractivity contribution in [2.45, 2.75) is 43.5 Å². The third-order valence-electron chi connectivity index (χ3n) is 5.82. The van der Waals surface area contributed by atoms with Crippen molar-refractivity contribution in [3.05, 3.63) is 35.4 Å². The Kier molecular flexibility index (Phi) is 4.78. The van der Waals surface area contributed by atoms with E-state index >= 15 is 0 Å². The van der Waals surface area contributed by atoms with E-state index in [1.165, 1.54) is 11.5 Å². The molecule has 0 aromatic heterocycles. The van der Waals surface area contributed by atoms with Gasteiger partial charge in [0.1, 0.15) is 19.2 Å². The van der Waals surface area contributed by atoms with Gasteiger partial charge in [0.2, 0.25) is 5.66 Å². The van der Waals surface area contributed by atoms with Gasteiger partial charge in [0.15, 0.2) is 18.1 Å². The normalized spacial score (nSPS) is 30.5. The van der Waals surface area contributed by atoms with Crippen LogP contribution < -0.4 is 22.1 Å². The van der Waals surface area contributed by atoms with E-state index in [0.29, 0.717) is 0 Å². The molecule has 3 aliphatic heterocycles. The van der Waals surface area contributed by atoms with E-state index < -0.39 is 41.6 Å². The maximum absolute atomic E-state index is 12.6. The Balaban J connectivity index is 1.66. The van der Waals surface area contributed by atoms with Gasteiger partial charge in [0.05, 0.1) is 5.56 Å². The number of carbonyl (C=O) groups excluding carboxylic acids is 2. The Morgan fingerprint density at radius 2 is 1.97 bits per heavy atom. The second-order valence-corrected chi connectivity index (χ2v) is 7.89. The molecule has 0 amide bonds. The standard InChI is InChI=1S/C19H24N6O6/c1-9-3-5-11(6-4-9)15(27)31-13-7-25-17(21)22-12(8-30-10(2)26)14-18(25,19(13,28)29)24-16(20)23-14/h3-6,12-14,28-29H,7-8H2,1-2H3,(H5,20,21,22,23,24)/p+1/t12-,13-,14-,18-/m0/s1. The van der Waals surface area contributed by atoms with Gasteiger partial charge in [-0.05, 0) is 19.1 Å². The molecule has 1 spiro atoms. The van der Waals surface area contributed by atoms with Crippen molar-refractivity contribution < 1.29 is 33.9 Å². The van der Waals surface area contributed by atoms with Crippen LogP contribution in [0.15, 0.2) is 29.3 Å². The molecule has 0 saturated carbocycles. The van der Waals surface area contributed by atoms with E-state index in [1.54, 1.807) is 24.3 Å². The van der Waals surface area contributed by atoms with Crippen molar-refractivity contribution in [2.75, 3.05) is 13.2 Å². The van der Waals surface area contributed by atoms with Crippen LogP contribution in [-0.2, 0) is 14.3 Å². The van der Waals surface area contributed by atoms with E-state index in [0.717, 1.165) is 5.56 Å². The predicted octanol–water partition coefficient (Wildman–Crippen LogP) is -2.94. The number of aliphatic imine (C=N–C) groups is 1. The van der Waals surface area contributed by atoms with Crippen molar-refractivity contribution in [1.82, 2.24) is 10.6 Å². The van der Waals surface area contributed by atoms with Crippen LogP contribution in [-0.4, -0.2) is 81.4 Å². The maximum atomic E-state index is 12.6. The zero-order chi connectivity index (χ0) is 22.6. The molecule has 31 heavy (non-hydrogen) atoms. The molecule has 1 aromatic carbocycles. The summed E-state index contributed by atoms with van der Waals surface area (Å²) in [5, 5.41) is 28.2. The van der Waals surface area contributed by atoms with Gasteiger partial charge in [-0.25, -0.2) is 14.4 Å². The largest absolute Gasteiger partial charge is 0.462 e. The predicted molar refractivity (Wildman–Crippen MR) is 107 cm³/mol. The molecule has 8 N–H and O–H groups in total. The van der Waals surface area contributed by atoms with Crippen LogP contribution in [0, 0.1) is 6.92 Å². The number of rotatable bonds is 4. The third kappa shape index (κ3) is 3.15. The molecule has 4 atom stereocenters. The van der Waals surface area contributed by atoms with E-state index in [9.17, 15) is 19.8 Å². The highest BCUT2D eigenvalue weighted by Crippen LogP contribution is 2.42. The first-order valence-electron chi connectivity index (χ1n) is 9.70. The summed E-state index contributed by atoms with van der Waals surface area (Å²) in [4.78, 5) is 28.2. The second-order valence-electron chi connectivity index (χ2n) is 7.89. The lowest BCUT2D eigenvalue weighted by molar-refractivity contribution is -0.623. The summed E-state index contributed by atoms with van der Waals surface area (Å²) >= 11 is 0. The van der Waals surface area contributed by atoms with E-state index in [1.807, 2.05) is 6.92 Å². The van der Waals surface area contributed by atoms with Crippen LogP contribution in [0.2, 0.25) is 0 Å². The first kappa shape index (κ1) is 20.9. The molecule has 0 radical (unpaired) electrons. The number of guanidine groups is 2. The summed E-state index contributed by atoms with van der Waals surface area (Å²) in [5.41, 5.74) is 11.5. The van der Waals surface area contributed by atoms with Crippen LogP contribution in [0.1, 0.15) is 22.8 Å². The SMILES string of the molecule is CC(=O)OC[C@@H]1NC(N)=[N+]2C[C@H](OC(=O)c3ccc(C)cc3)C(O)(O)[C@@]23NC(N)=N[C@@H]13. The van der Waals surface area contributed by atoms with E-state index in [2.05, 4.69) is 15.6 Å². The average molecular weight is 433 g/mol. The fraction of sp³-hybridized carbons (Fsp3) is 0.474. The lowest BCUT2D eigenvalue weighted by Crippen LogP contribution is -2.78. The minimum Gasteiger partial charge on any atom is -0.462 e.